The molecule has 0 aromatic heterocycles. The van der Waals surface area contributed by atoms with Gasteiger partial charge in [-0.1, -0.05) is 0 Å². The molecule has 0 aromatic carbocycles. The van der Waals surface area contributed by atoms with E-state index in [0.717, 1.165) is 19.4 Å². The van der Waals surface area contributed by atoms with Gasteiger partial charge in [-0.2, -0.15) is 0 Å². The lowest BCUT2D eigenvalue weighted by Gasteiger charge is -2.28. The molecule has 0 radical (unpaired) electrons. The average Bonchev–Trinajstić information content (AvgIpc) is 2.43. The van der Waals surface area contributed by atoms with Gasteiger partial charge in [-0.3, -0.25) is 4.79 Å². The van der Waals surface area contributed by atoms with E-state index in [1.54, 1.807) is 7.05 Å². The maximum atomic E-state index is 11.7. The predicted molar refractivity (Wildman–Crippen MR) is 78.4 cm³/mol. The van der Waals surface area contributed by atoms with Crippen molar-refractivity contribution in [2.24, 2.45) is 0 Å². The van der Waals surface area contributed by atoms with Crippen LogP contribution in [0.3, 0.4) is 0 Å². The van der Waals surface area contributed by atoms with Crippen molar-refractivity contribution in [3.63, 3.8) is 0 Å². The zero-order chi connectivity index (χ0) is 15.2. The van der Waals surface area contributed by atoms with E-state index < -0.39 is 15.4 Å². The SMILES string of the molecule is CNC(C)(CCCCN1CCS(=O)(=O)CC1)C(=O)OC. The van der Waals surface area contributed by atoms with Gasteiger partial charge in [0.15, 0.2) is 9.84 Å². The number of nitrogens with zero attached hydrogens (tertiary/aromatic N) is 1. The van der Waals surface area contributed by atoms with Gasteiger partial charge in [0.25, 0.3) is 0 Å². The number of nitrogens with one attached hydrogen (secondary N) is 1. The van der Waals surface area contributed by atoms with Gasteiger partial charge in [0, 0.05) is 13.1 Å². The topological polar surface area (TPSA) is 75.7 Å². The molecule has 1 N–H and O–H groups in total. The van der Waals surface area contributed by atoms with Crippen molar-refractivity contribution in [3.05, 3.63) is 0 Å². The van der Waals surface area contributed by atoms with Crippen molar-refractivity contribution in [1.29, 1.82) is 0 Å². The monoisotopic (exact) mass is 306 g/mol. The largest absolute Gasteiger partial charge is 0.468 e. The molecule has 0 saturated carbocycles. The van der Waals surface area contributed by atoms with Crippen molar-refractivity contribution < 1.29 is 17.9 Å². The fraction of sp³-hybridized carbons (Fsp3) is 0.923. The van der Waals surface area contributed by atoms with E-state index >= 15 is 0 Å². The Bertz CT molecular complexity index is 410. The van der Waals surface area contributed by atoms with Gasteiger partial charge in [0.1, 0.15) is 5.54 Å². The molecule has 0 spiro atoms. The van der Waals surface area contributed by atoms with Gasteiger partial charge < -0.3 is 15.0 Å². The van der Waals surface area contributed by atoms with Crippen LogP contribution in [-0.2, 0) is 19.4 Å². The first kappa shape index (κ1) is 17.4. The molecule has 1 unspecified atom stereocenters. The molecule has 1 aliphatic rings. The summed E-state index contributed by atoms with van der Waals surface area (Å²) in [4.78, 5) is 13.8. The third-order valence-electron chi connectivity index (χ3n) is 4.03. The Labute approximate surface area is 121 Å². The number of carbonyl (C=O) groups excluding carboxylic acids is 1. The first-order chi connectivity index (χ1) is 9.33. The average molecular weight is 306 g/mol. The van der Waals surface area contributed by atoms with E-state index in [1.165, 1.54) is 7.11 Å². The zero-order valence-electron chi connectivity index (χ0n) is 12.6. The normalized spacial score (nSPS) is 22.1. The van der Waals surface area contributed by atoms with Gasteiger partial charge in [0.05, 0.1) is 18.6 Å². The summed E-state index contributed by atoms with van der Waals surface area (Å²) < 4.78 is 27.4. The Balaban J connectivity index is 2.26. The number of unbranched alkanes of at least 4 members (excludes halogenated alkanes) is 1. The lowest BCUT2D eigenvalue weighted by molar-refractivity contribution is -0.148. The Morgan fingerprint density at radius 1 is 1.30 bits per heavy atom. The van der Waals surface area contributed by atoms with Crippen LogP contribution >= 0.6 is 0 Å². The first-order valence-electron chi connectivity index (χ1n) is 7.03. The van der Waals surface area contributed by atoms with Crippen LogP contribution in [0.2, 0.25) is 0 Å². The lowest BCUT2D eigenvalue weighted by Crippen LogP contribution is -2.48. The summed E-state index contributed by atoms with van der Waals surface area (Å²) >= 11 is 0. The molecule has 1 atom stereocenters. The van der Waals surface area contributed by atoms with Gasteiger partial charge in [-0.05, 0) is 39.8 Å². The Morgan fingerprint density at radius 2 is 1.90 bits per heavy atom. The molecule has 1 saturated heterocycles. The highest BCUT2D eigenvalue weighted by Gasteiger charge is 2.31. The number of hydrogen-bond acceptors (Lipinski definition) is 6. The quantitative estimate of drug-likeness (QED) is 0.529. The number of methoxy groups -OCH3 is 1. The number of likely N-dealkylation sites (N-methyl/N-ethyl adjacent to an activating group) is 1. The minimum atomic E-state index is -2.80. The first-order valence-corrected chi connectivity index (χ1v) is 8.85. The van der Waals surface area contributed by atoms with Crippen molar-refractivity contribution in [2.75, 3.05) is 45.3 Å². The van der Waals surface area contributed by atoms with E-state index in [4.69, 9.17) is 4.74 Å². The molecular formula is C13H26N2O4S. The summed E-state index contributed by atoms with van der Waals surface area (Å²) in [5.74, 6) is 0.288. The fourth-order valence-corrected chi connectivity index (χ4v) is 3.62. The van der Waals surface area contributed by atoms with Gasteiger partial charge >= 0.3 is 5.97 Å². The second-order valence-corrected chi connectivity index (χ2v) is 7.83. The van der Waals surface area contributed by atoms with Crippen molar-refractivity contribution in [2.45, 2.75) is 31.7 Å². The third-order valence-corrected chi connectivity index (χ3v) is 5.64. The van der Waals surface area contributed by atoms with Crippen LogP contribution in [0, 0.1) is 0 Å². The third kappa shape index (κ3) is 5.03. The smallest absolute Gasteiger partial charge is 0.325 e. The Hall–Kier alpha value is -0.660. The molecule has 0 bridgehead atoms. The van der Waals surface area contributed by atoms with E-state index in [1.807, 2.05) is 6.92 Å². The maximum Gasteiger partial charge on any atom is 0.325 e. The van der Waals surface area contributed by atoms with Gasteiger partial charge in [-0.25, -0.2) is 8.42 Å². The molecule has 118 valence electrons. The number of hydrogen-bond donors (Lipinski definition) is 1. The molecule has 6 nitrogen and oxygen atoms in total. The summed E-state index contributed by atoms with van der Waals surface area (Å²) in [6.07, 6.45) is 2.56. The molecule has 7 heteroatoms. The Kier molecular flexibility index (Phi) is 6.42. The second kappa shape index (κ2) is 7.38. The summed E-state index contributed by atoms with van der Waals surface area (Å²) in [7, 11) is 0.350. The van der Waals surface area contributed by atoms with Crippen molar-refractivity contribution in [3.8, 4) is 0 Å². The highest BCUT2D eigenvalue weighted by Crippen LogP contribution is 2.16. The highest BCUT2D eigenvalue weighted by atomic mass is 32.2. The summed E-state index contributed by atoms with van der Waals surface area (Å²) in [6, 6.07) is 0. The molecule has 20 heavy (non-hydrogen) atoms. The molecule has 1 heterocycles. The van der Waals surface area contributed by atoms with Gasteiger partial charge in [0.2, 0.25) is 0 Å². The van der Waals surface area contributed by atoms with E-state index in [0.29, 0.717) is 19.5 Å². The number of sulfone groups is 1. The van der Waals surface area contributed by atoms with Crippen LogP contribution in [-0.4, -0.2) is 70.1 Å². The molecule has 1 fully saturated rings. The number of ether oxygens (including phenoxy) is 1. The molecular weight excluding hydrogens is 280 g/mol. The minimum absolute atomic E-state index is 0.246. The molecule has 0 amide bonds. The van der Waals surface area contributed by atoms with Crippen molar-refractivity contribution >= 4 is 15.8 Å². The number of rotatable bonds is 7. The van der Waals surface area contributed by atoms with E-state index in [9.17, 15) is 13.2 Å². The van der Waals surface area contributed by atoms with Crippen LogP contribution in [0.15, 0.2) is 0 Å². The van der Waals surface area contributed by atoms with Crippen LogP contribution in [0.5, 0.6) is 0 Å². The number of esters is 1. The Morgan fingerprint density at radius 3 is 2.40 bits per heavy atom. The summed E-state index contributed by atoms with van der Waals surface area (Å²) in [6.45, 7) is 3.98. The fourth-order valence-electron chi connectivity index (χ4n) is 2.34. The predicted octanol–water partition coefficient (Wildman–Crippen LogP) is 0.0382. The second-order valence-electron chi connectivity index (χ2n) is 5.52. The minimum Gasteiger partial charge on any atom is -0.468 e. The van der Waals surface area contributed by atoms with Crippen LogP contribution in [0.1, 0.15) is 26.2 Å². The van der Waals surface area contributed by atoms with E-state index in [2.05, 4.69) is 10.2 Å². The van der Waals surface area contributed by atoms with Crippen LogP contribution in [0.25, 0.3) is 0 Å². The standard InChI is InChI=1S/C13H26N2O4S/c1-13(14-2,12(16)19-3)6-4-5-7-15-8-10-20(17,18)11-9-15/h14H,4-11H2,1-3H3. The highest BCUT2D eigenvalue weighted by molar-refractivity contribution is 7.91. The molecule has 1 aliphatic heterocycles. The van der Waals surface area contributed by atoms with Crippen LogP contribution in [0.4, 0.5) is 0 Å². The summed E-state index contributed by atoms with van der Waals surface area (Å²) in [5.41, 5.74) is -0.639. The van der Waals surface area contributed by atoms with E-state index in [-0.39, 0.29) is 17.5 Å². The number of carbonyl (C=O) groups is 1. The zero-order valence-corrected chi connectivity index (χ0v) is 13.5. The summed E-state index contributed by atoms with van der Waals surface area (Å²) in [5, 5.41) is 3.01. The molecule has 1 rings (SSSR count). The lowest BCUT2D eigenvalue weighted by atomic mass is 9.95. The van der Waals surface area contributed by atoms with Gasteiger partial charge in [-0.15, -0.1) is 0 Å². The maximum absolute atomic E-state index is 11.7. The van der Waals surface area contributed by atoms with Crippen LogP contribution < -0.4 is 5.32 Å². The molecule has 0 aromatic rings. The van der Waals surface area contributed by atoms with Crippen molar-refractivity contribution in [1.82, 2.24) is 10.2 Å². The molecule has 0 aliphatic carbocycles.